The summed E-state index contributed by atoms with van der Waals surface area (Å²) in [7, 11) is 0. The van der Waals surface area contributed by atoms with E-state index in [9.17, 15) is 5.11 Å². The highest BCUT2D eigenvalue weighted by Crippen LogP contribution is 2.46. The lowest BCUT2D eigenvalue weighted by Crippen LogP contribution is -1.89. The number of benzene rings is 6. The van der Waals surface area contributed by atoms with Crippen LogP contribution in [0.5, 0.6) is 5.75 Å². The molecular formula is C28H17BrO. The molecule has 142 valence electrons. The summed E-state index contributed by atoms with van der Waals surface area (Å²) in [6.45, 7) is 0. The van der Waals surface area contributed by atoms with Crippen LogP contribution in [0.15, 0.2) is 102 Å². The molecule has 0 aliphatic carbocycles. The Morgan fingerprint density at radius 3 is 2.03 bits per heavy atom. The van der Waals surface area contributed by atoms with E-state index in [4.69, 9.17) is 0 Å². The van der Waals surface area contributed by atoms with Crippen molar-refractivity contribution in [3.05, 3.63) is 102 Å². The zero-order chi connectivity index (χ0) is 20.2. The number of aromatic hydroxyl groups is 1. The number of phenols is 1. The van der Waals surface area contributed by atoms with Gasteiger partial charge in [-0.25, -0.2) is 0 Å². The lowest BCUT2D eigenvalue weighted by atomic mass is 9.89. The van der Waals surface area contributed by atoms with Crippen LogP contribution < -0.4 is 0 Å². The fourth-order valence-corrected chi connectivity index (χ4v) is 4.96. The van der Waals surface area contributed by atoms with E-state index in [1.807, 2.05) is 24.3 Å². The van der Waals surface area contributed by atoms with E-state index in [0.29, 0.717) is 5.75 Å². The maximum atomic E-state index is 11.4. The highest BCUT2D eigenvalue weighted by molar-refractivity contribution is 9.10. The first-order valence-electron chi connectivity index (χ1n) is 9.95. The third kappa shape index (κ3) is 2.54. The smallest absolute Gasteiger partial charge is 0.131 e. The van der Waals surface area contributed by atoms with Gasteiger partial charge in [0.15, 0.2) is 0 Å². The normalized spacial score (nSPS) is 11.6. The SMILES string of the molecule is Oc1c(-c2cccc3cc4ccccc4cc23)c2ccc(Br)cc2c2ccccc12. The molecule has 0 radical (unpaired) electrons. The summed E-state index contributed by atoms with van der Waals surface area (Å²) in [4.78, 5) is 0. The number of halogens is 1. The van der Waals surface area contributed by atoms with Gasteiger partial charge in [0.05, 0.1) is 0 Å². The summed E-state index contributed by atoms with van der Waals surface area (Å²) in [5.74, 6) is 0.334. The Bertz CT molecular complexity index is 1610. The first-order chi connectivity index (χ1) is 14.7. The predicted molar refractivity (Wildman–Crippen MR) is 131 cm³/mol. The van der Waals surface area contributed by atoms with E-state index in [0.717, 1.165) is 42.5 Å². The monoisotopic (exact) mass is 448 g/mol. The topological polar surface area (TPSA) is 20.2 Å². The Balaban J connectivity index is 1.82. The van der Waals surface area contributed by atoms with Crippen molar-refractivity contribution >= 4 is 59.0 Å². The Labute approximate surface area is 182 Å². The molecule has 30 heavy (non-hydrogen) atoms. The molecule has 6 aromatic carbocycles. The number of phenolic OH excluding ortho intramolecular Hbond substituents is 1. The molecular weight excluding hydrogens is 432 g/mol. The van der Waals surface area contributed by atoms with E-state index in [1.165, 1.54) is 16.2 Å². The molecule has 0 unspecified atom stereocenters. The summed E-state index contributed by atoms with van der Waals surface area (Å²) < 4.78 is 1.03. The minimum absolute atomic E-state index is 0.334. The second-order valence-electron chi connectivity index (χ2n) is 7.69. The van der Waals surface area contributed by atoms with E-state index < -0.39 is 0 Å². The van der Waals surface area contributed by atoms with Gasteiger partial charge in [0.1, 0.15) is 5.75 Å². The molecule has 1 nitrogen and oxygen atoms in total. The molecule has 0 saturated carbocycles. The quantitative estimate of drug-likeness (QED) is 0.197. The molecule has 0 atom stereocenters. The molecule has 6 rings (SSSR count). The van der Waals surface area contributed by atoms with E-state index in [-0.39, 0.29) is 0 Å². The third-order valence-electron chi connectivity index (χ3n) is 5.98. The molecule has 0 saturated heterocycles. The molecule has 0 fully saturated rings. The molecule has 0 bridgehead atoms. The van der Waals surface area contributed by atoms with Crippen molar-refractivity contribution in [2.45, 2.75) is 0 Å². The molecule has 0 aliphatic rings. The van der Waals surface area contributed by atoms with Crippen LogP contribution in [0.2, 0.25) is 0 Å². The van der Waals surface area contributed by atoms with E-state index >= 15 is 0 Å². The Morgan fingerprint density at radius 2 is 1.20 bits per heavy atom. The summed E-state index contributed by atoms with van der Waals surface area (Å²) in [6, 6.07) is 33.6. The fourth-order valence-electron chi connectivity index (χ4n) is 4.60. The molecule has 0 amide bonds. The van der Waals surface area contributed by atoms with Crippen LogP contribution in [-0.2, 0) is 0 Å². The average Bonchev–Trinajstić information content (AvgIpc) is 2.78. The third-order valence-corrected chi connectivity index (χ3v) is 6.47. The van der Waals surface area contributed by atoms with Crippen molar-refractivity contribution in [1.29, 1.82) is 0 Å². The van der Waals surface area contributed by atoms with Crippen LogP contribution in [-0.4, -0.2) is 5.11 Å². The zero-order valence-corrected chi connectivity index (χ0v) is 17.6. The van der Waals surface area contributed by atoms with Crippen molar-refractivity contribution in [3.8, 4) is 16.9 Å². The number of rotatable bonds is 1. The Hall–Kier alpha value is -3.36. The van der Waals surface area contributed by atoms with Crippen molar-refractivity contribution in [2.75, 3.05) is 0 Å². The summed E-state index contributed by atoms with van der Waals surface area (Å²) in [5.41, 5.74) is 1.94. The van der Waals surface area contributed by atoms with Crippen LogP contribution in [0.3, 0.4) is 0 Å². The molecule has 0 aliphatic heterocycles. The largest absolute Gasteiger partial charge is 0.507 e. The maximum Gasteiger partial charge on any atom is 0.131 e. The molecule has 0 aromatic heterocycles. The maximum absolute atomic E-state index is 11.4. The second kappa shape index (κ2) is 6.58. The van der Waals surface area contributed by atoms with Gasteiger partial charge in [0, 0.05) is 15.4 Å². The van der Waals surface area contributed by atoms with Crippen molar-refractivity contribution in [3.63, 3.8) is 0 Å². The summed E-state index contributed by atoms with van der Waals surface area (Å²) in [5, 5.41) is 20.3. The predicted octanol–water partition coefficient (Wildman–Crippen LogP) is 8.43. The lowest BCUT2D eigenvalue weighted by molar-refractivity contribution is 0.484. The van der Waals surface area contributed by atoms with Crippen LogP contribution in [0, 0.1) is 0 Å². The second-order valence-corrected chi connectivity index (χ2v) is 8.60. The number of fused-ring (bicyclic) bond motifs is 5. The molecule has 1 N–H and O–H groups in total. The van der Waals surface area contributed by atoms with Crippen LogP contribution in [0.25, 0.3) is 54.2 Å². The minimum Gasteiger partial charge on any atom is -0.507 e. The van der Waals surface area contributed by atoms with Crippen LogP contribution >= 0.6 is 15.9 Å². The van der Waals surface area contributed by atoms with Gasteiger partial charge >= 0.3 is 0 Å². The first-order valence-corrected chi connectivity index (χ1v) is 10.7. The molecule has 2 heteroatoms. The first kappa shape index (κ1) is 17.5. The molecule has 0 heterocycles. The zero-order valence-electron chi connectivity index (χ0n) is 16.1. The van der Waals surface area contributed by atoms with Crippen molar-refractivity contribution in [2.24, 2.45) is 0 Å². The molecule has 0 spiro atoms. The average molecular weight is 449 g/mol. The van der Waals surface area contributed by atoms with Gasteiger partial charge in [0.25, 0.3) is 0 Å². The fraction of sp³-hybridized carbons (Fsp3) is 0. The van der Waals surface area contributed by atoms with Crippen molar-refractivity contribution in [1.82, 2.24) is 0 Å². The van der Waals surface area contributed by atoms with E-state index in [2.05, 4.69) is 88.7 Å². The van der Waals surface area contributed by atoms with E-state index in [1.54, 1.807) is 0 Å². The summed E-state index contributed by atoms with van der Waals surface area (Å²) in [6.07, 6.45) is 0. The Morgan fingerprint density at radius 1 is 0.500 bits per heavy atom. The number of hydrogen-bond acceptors (Lipinski definition) is 1. The number of hydrogen-bond donors (Lipinski definition) is 1. The minimum atomic E-state index is 0.334. The highest BCUT2D eigenvalue weighted by atomic mass is 79.9. The van der Waals surface area contributed by atoms with Gasteiger partial charge < -0.3 is 5.11 Å². The van der Waals surface area contributed by atoms with Crippen LogP contribution in [0.1, 0.15) is 0 Å². The highest BCUT2D eigenvalue weighted by Gasteiger charge is 2.17. The van der Waals surface area contributed by atoms with Gasteiger partial charge in [-0.05, 0) is 67.5 Å². The van der Waals surface area contributed by atoms with Crippen molar-refractivity contribution < 1.29 is 5.11 Å². The van der Waals surface area contributed by atoms with Gasteiger partial charge in [-0.2, -0.15) is 0 Å². The van der Waals surface area contributed by atoms with Gasteiger partial charge in [-0.3, -0.25) is 0 Å². The lowest BCUT2D eigenvalue weighted by Gasteiger charge is -2.16. The summed E-state index contributed by atoms with van der Waals surface area (Å²) >= 11 is 3.62. The van der Waals surface area contributed by atoms with Gasteiger partial charge in [-0.15, -0.1) is 0 Å². The van der Waals surface area contributed by atoms with Gasteiger partial charge in [-0.1, -0.05) is 88.7 Å². The standard InChI is InChI=1S/C28H17BrO/c29-20-12-13-23-26(16-20)21-9-3-4-10-24(21)28(30)27(23)22-11-5-8-19-14-17-6-1-2-7-18(17)15-25(19)22/h1-16,30H. The Kier molecular flexibility index (Phi) is 3.84. The van der Waals surface area contributed by atoms with Gasteiger partial charge in [0.2, 0.25) is 0 Å². The molecule has 6 aromatic rings. The van der Waals surface area contributed by atoms with Crippen LogP contribution in [0.4, 0.5) is 0 Å².